The number of aryl methyl sites for hydroxylation is 1. The van der Waals surface area contributed by atoms with Crippen LogP contribution in [-0.4, -0.2) is 54.3 Å². The maximum absolute atomic E-state index is 12.8. The van der Waals surface area contributed by atoms with Gasteiger partial charge in [0.1, 0.15) is 0 Å². The van der Waals surface area contributed by atoms with E-state index in [0.717, 1.165) is 57.5 Å². The van der Waals surface area contributed by atoms with Crippen molar-refractivity contribution in [2.24, 2.45) is 5.41 Å². The van der Waals surface area contributed by atoms with Crippen LogP contribution in [0, 0.1) is 12.3 Å². The summed E-state index contributed by atoms with van der Waals surface area (Å²) in [5.41, 5.74) is 2.16. The molecule has 0 radical (unpaired) electrons. The van der Waals surface area contributed by atoms with Crippen molar-refractivity contribution in [3.8, 4) is 0 Å². The Hall–Kier alpha value is -1.88. The number of piperidine rings is 1. The van der Waals surface area contributed by atoms with Gasteiger partial charge in [-0.1, -0.05) is 29.8 Å². The predicted octanol–water partition coefficient (Wildman–Crippen LogP) is 2.34. The van der Waals surface area contributed by atoms with Crippen LogP contribution in [0.15, 0.2) is 24.3 Å². The molecule has 2 heterocycles. The zero-order valence-corrected chi connectivity index (χ0v) is 16.1. The first kappa shape index (κ1) is 18.9. The van der Waals surface area contributed by atoms with Gasteiger partial charge < -0.3 is 15.1 Å². The van der Waals surface area contributed by atoms with Gasteiger partial charge in [0.05, 0.1) is 5.41 Å². The molecule has 0 aromatic heterocycles. The first-order valence-electron chi connectivity index (χ1n) is 9.86. The maximum atomic E-state index is 12.8. The zero-order chi connectivity index (χ0) is 18.6. The van der Waals surface area contributed by atoms with E-state index in [0.29, 0.717) is 18.9 Å². The van der Waals surface area contributed by atoms with Crippen LogP contribution in [0.3, 0.4) is 0 Å². The number of nitrogens with zero attached hydrogens (tertiary/aromatic N) is 2. The highest BCUT2D eigenvalue weighted by Crippen LogP contribution is 2.39. The first-order valence-corrected chi connectivity index (χ1v) is 9.86. The highest BCUT2D eigenvalue weighted by molar-refractivity contribution is 5.84. The van der Waals surface area contributed by atoms with E-state index in [1.165, 1.54) is 5.56 Å². The third kappa shape index (κ3) is 4.26. The maximum Gasteiger partial charge on any atom is 0.230 e. The summed E-state index contributed by atoms with van der Waals surface area (Å²) in [6, 6.07) is 8.22. The lowest BCUT2D eigenvalue weighted by Gasteiger charge is -2.39. The molecule has 26 heavy (non-hydrogen) atoms. The van der Waals surface area contributed by atoms with Gasteiger partial charge in [-0.25, -0.2) is 0 Å². The third-order valence-corrected chi connectivity index (χ3v) is 5.90. The lowest BCUT2D eigenvalue weighted by molar-refractivity contribution is -0.145. The summed E-state index contributed by atoms with van der Waals surface area (Å²) in [5.74, 6) is 0.411. The van der Waals surface area contributed by atoms with Crippen LogP contribution in [0.25, 0.3) is 0 Å². The minimum Gasteiger partial charge on any atom is -0.352 e. The van der Waals surface area contributed by atoms with E-state index in [-0.39, 0.29) is 11.3 Å². The Morgan fingerprint density at radius 1 is 1.19 bits per heavy atom. The van der Waals surface area contributed by atoms with Crippen molar-refractivity contribution in [3.05, 3.63) is 35.4 Å². The second-order valence-electron chi connectivity index (χ2n) is 7.81. The number of hydrogen-bond donors (Lipinski definition) is 1. The van der Waals surface area contributed by atoms with Gasteiger partial charge in [-0.2, -0.15) is 0 Å². The smallest absolute Gasteiger partial charge is 0.230 e. The second kappa shape index (κ2) is 8.21. The lowest BCUT2D eigenvalue weighted by Crippen LogP contribution is -2.50. The van der Waals surface area contributed by atoms with E-state index in [9.17, 15) is 9.59 Å². The van der Waals surface area contributed by atoms with Crippen LogP contribution in [0.2, 0.25) is 0 Å². The van der Waals surface area contributed by atoms with Gasteiger partial charge in [-0.05, 0) is 45.2 Å². The van der Waals surface area contributed by atoms with Crippen molar-refractivity contribution in [2.75, 3.05) is 32.7 Å². The zero-order valence-electron chi connectivity index (χ0n) is 16.1. The predicted molar refractivity (Wildman–Crippen MR) is 103 cm³/mol. The fourth-order valence-electron chi connectivity index (χ4n) is 4.24. The molecule has 142 valence electrons. The molecule has 5 nitrogen and oxygen atoms in total. The van der Waals surface area contributed by atoms with E-state index >= 15 is 0 Å². The average molecular weight is 357 g/mol. The molecule has 2 aliphatic heterocycles. The SMILES string of the molecule is CCN1CCC[C@@]2(CCN(CCC(=O)NCc3ccc(C)cc3)C2)C1=O. The van der Waals surface area contributed by atoms with Gasteiger partial charge in [0.2, 0.25) is 11.8 Å². The molecule has 0 bridgehead atoms. The van der Waals surface area contributed by atoms with Crippen molar-refractivity contribution >= 4 is 11.8 Å². The number of hydrogen-bond acceptors (Lipinski definition) is 3. The second-order valence-corrected chi connectivity index (χ2v) is 7.81. The van der Waals surface area contributed by atoms with Gasteiger partial charge in [0.25, 0.3) is 0 Å². The Balaban J connectivity index is 1.43. The molecule has 1 atom stereocenters. The van der Waals surface area contributed by atoms with E-state index < -0.39 is 0 Å². The normalized spacial score (nSPS) is 23.6. The molecule has 2 fully saturated rings. The number of rotatable bonds is 6. The minimum atomic E-state index is -0.188. The van der Waals surface area contributed by atoms with Gasteiger partial charge in [-0.15, -0.1) is 0 Å². The summed E-state index contributed by atoms with van der Waals surface area (Å²) < 4.78 is 0. The number of benzene rings is 1. The Labute approximate surface area is 156 Å². The van der Waals surface area contributed by atoms with Crippen LogP contribution in [0.1, 0.15) is 43.7 Å². The summed E-state index contributed by atoms with van der Waals surface area (Å²) in [7, 11) is 0. The van der Waals surface area contributed by atoms with Crippen molar-refractivity contribution in [1.29, 1.82) is 0 Å². The number of carbonyl (C=O) groups excluding carboxylic acids is 2. The number of likely N-dealkylation sites (tertiary alicyclic amines) is 2. The molecule has 1 aromatic rings. The summed E-state index contributed by atoms with van der Waals surface area (Å²) in [6.07, 6.45) is 3.53. The Morgan fingerprint density at radius 2 is 1.96 bits per heavy atom. The van der Waals surface area contributed by atoms with Gasteiger partial charge in [0.15, 0.2) is 0 Å². The van der Waals surface area contributed by atoms with Crippen LogP contribution in [-0.2, 0) is 16.1 Å². The van der Waals surface area contributed by atoms with E-state index in [1.807, 2.05) is 17.0 Å². The third-order valence-electron chi connectivity index (χ3n) is 5.90. The molecule has 0 unspecified atom stereocenters. The Kier molecular flexibility index (Phi) is 5.97. The van der Waals surface area contributed by atoms with Crippen molar-refractivity contribution < 1.29 is 9.59 Å². The average Bonchev–Trinajstić information content (AvgIpc) is 3.06. The summed E-state index contributed by atoms with van der Waals surface area (Å²) in [5, 5.41) is 3.00. The molecule has 1 spiro atoms. The summed E-state index contributed by atoms with van der Waals surface area (Å²) >= 11 is 0. The fraction of sp³-hybridized carbons (Fsp3) is 0.619. The molecule has 2 aliphatic rings. The number of carbonyl (C=O) groups is 2. The molecule has 1 N–H and O–H groups in total. The quantitative estimate of drug-likeness (QED) is 0.850. The largest absolute Gasteiger partial charge is 0.352 e. The van der Waals surface area contributed by atoms with E-state index in [1.54, 1.807) is 0 Å². The van der Waals surface area contributed by atoms with Crippen molar-refractivity contribution in [3.63, 3.8) is 0 Å². The standard InChI is InChI=1S/C21H31N3O2/c1-3-24-12-4-10-21(20(24)26)11-14-23(16-21)13-9-19(25)22-15-18-7-5-17(2)6-8-18/h5-8H,3-4,9-16H2,1-2H3,(H,22,25)/t21-/m0/s1. The van der Waals surface area contributed by atoms with Crippen LogP contribution in [0.4, 0.5) is 0 Å². The summed E-state index contributed by atoms with van der Waals surface area (Å²) in [6.45, 7) is 8.88. The Morgan fingerprint density at radius 3 is 2.69 bits per heavy atom. The van der Waals surface area contributed by atoms with Crippen molar-refractivity contribution in [1.82, 2.24) is 15.1 Å². The van der Waals surface area contributed by atoms with Gasteiger partial charge in [-0.3, -0.25) is 9.59 Å². The van der Waals surface area contributed by atoms with Crippen LogP contribution >= 0.6 is 0 Å². The highest BCUT2D eigenvalue weighted by atomic mass is 16.2. The molecular weight excluding hydrogens is 326 g/mol. The molecule has 0 saturated carbocycles. The molecule has 5 heteroatoms. The Bertz CT molecular complexity index is 643. The van der Waals surface area contributed by atoms with E-state index in [4.69, 9.17) is 0 Å². The van der Waals surface area contributed by atoms with Gasteiger partial charge in [0, 0.05) is 39.1 Å². The fourth-order valence-corrected chi connectivity index (χ4v) is 4.24. The lowest BCUT2D eigenvalue weighted by atomic mass is 9.78. The van der Waals surface area contributed by atoms with E-state index in [2.05, 4.69) is 36.2 Å². The monoisotopic (exact) mass is 357 g/mol. The molecule has 2 saturated heterocycles. The summed E-state index contributed by atoms with van der Waals surface area (Å²) in [4.78, 5) is 29.2. The molecule has 2 amide bonds. The number of amides is 2. The van der Waals surface area contributed by atoms with Gasteiger partial charge >= 0.3 is 0 Å². The number of nitrogens with one attached hydrogen (secondary N) is 1. The minimum absolute atomic E-state index is 0.0803. The first-order chi connectivity index (χ1) is 12.5. The molecular formula is C21H31N3O2. The van der Waals surface area contributed by atoms with Crippen LogP contribution in [0.5, 0.6) is 0 Å². The van der Waals surface area contributed by atoms with Crippen molar-refractivity contribution in [2.45, 2.75) is 46.1 Å². The molecule has 0 aliphatic carbocycles. The van der Waals surface area contributed by atoms with Crippen LogP contribution < -0.4 is 5.32 Å². The highest BCUT2D eigenvalue weighted by Gasteiger charge is 2.47. The topological polar surface area (TPSA) is 52.6 Å². The molecule has 1 aromatic carbocycles. The molecule has 3 rings (SSSR count).